The van der Waals surface area contributed by atoms with E-state index in [4.69, 9.17) is 10.2 Å². The zero-order valence-corrected chi connectivity index (χ0v) is 5.42. The van der Waals surface area contributed by atoms with Crippen molar-refractivity contribution in [1.29, 1.82) is 0 Å². The Kier molecular flexibility index (Phi) is 8.95. The molecule has 0 amide bonds. The molecule has 0 N–H and O–H groups in total. The molecule has 0 aromatic heterocycles. The molecule has 0 spiro atoms. The molecule has 0 aromatic carbocycles. The van der Waals surface area contributed by atoms with E-state index < -0.39 is 17.2 Å². The molecule has 0 saturated heterocycles. The normalized spacial score (nSPS) is 4.80. The van der Waals surface area contributed by atoms with Crippen molar-refractivity contribution in [2.24, 2.45) is 0 Å². The summed E-state index contributed by atoms with van der Waals surface area (Å²) in [6.07, 6.45) is 0. The first-order valence-corrected chi connectivity index (χ1v) is 2.96. The second-order valence-electron chi connectivity index (χ2n) is 0.204. The molecular weight excluding hydrogens is 252 g/mol. The van der Waals surface area contributed by atoms with Crippen LogP contribution in [0.25, 0.3) is 0 Å². The molecule has 5 heteroatoms. The summed E-state index contributed by atoms with van der Waals surface area (Å²) in [7, 11) is 0. The van der Waals surface area contributed by atoms with Crippen LogP contribution in [0.2, 0.25) is 0 Å². The molecule has 0 aromatic rings. The Balaban J connectivity index is 0. The van der Waals surface area contributed by atoms with Crippen molar-refractivity contribution in [1.82, 2.24) is 0 Å². The second-order valence-corrected chi connectivity index (χ2v) is 1.21. The SMILES string of the molecule is [Ag].[O]=[Mo](=[O])=[O]. The quantitative estimate of drug-likeness (QED) is 0.553. The summed E-state index contributed by atoms with van der Waals surface area (Å²) >= 11 is -4.11. The van der Waals surface area contributed by atoms with E-state index in [-0.39, 0.29) is 22.4 Å². The van der Waals surface area contributed by atoms with E-state index in [1.807, 2.05) is 0 Å². The summed E-state index contributed by atoms with van der Waals surface area (Å²) in [4.78, 5) is 0. The van der Waals surface area contributed by atoms with E-state index in [2.05, 4.69) is 0 Å². The van der Waals surface area contributed by atoms with E-state index in [0.29, 0.717) is 0 Å². The molecule has 0 atom stereocenters. The first kappa shape index (κ1) is 9.27. The molecule has 0 saturated carbocycles. The molecule has 0 aliphatic rings. The maximum absolute atomic E-state index is 8.59. The summed E-state index contributed by atoms with van der Waals surface area (Å²) in [5.74, 6) is 0. The standard InChI is InChI=1S/Ag.Mo.3O. The average molecular weight is 252 g/mol. The molecule has 0 bridgehead atoms. The summed E-state index contributed by atoms with van der Waals surface area (Å²) in [5.41, 5.74) is 0. The predicted molar refractivity (Wildman–Crippen MR) is 2.06 cm³/mol. The van der Waals surface area contributed by atoms with Crippen molar-refractivity contribution in [2.75, 3.05) is 0 Å². The van der Waals surface area contributed by atoms with Gasteiger partial charge in [-0.15, -0.1) is 0 Å². The Hall–Kier alpha value is 0.829. The minimum atomic E-state index is -4.11. The minimum absolute atomic E-state index is 0. The van der Waals surface area contributed by atoms with Gasteiger partial charge in [-0.05, 0) is 0 Å². The second kappa shape index (κ2) is 4.83. The Morgan fingerprint density at radius 3 is 1.00 bits per heavy atom. The number of hydrogen-bond acceptors (Lipinski definition) is 3. The fraction of sp³-hybridized carbons (Fsp3) is 0. The molecule has 0 heterocycles. The van der Waals surface area contributed by atoms with E-state index in [1.54, 1.807) is 0 Å². The van der Waals surface area contributed by atoms with Gasteiger partial charge in [0, 0.05) is 22.4 Å². The Morgan fingerprint density at radius 1 is 1.00 bits per heavy atom. The van der Waals surface area contributed by atoms with Crippen LogP contribution in [-0.4, -0.2) is 0 Å². The number of hydrogen-bond donors (Lipinski definition) is 0. The molecule has 0 aliphatic carbocycles. The predicted octanol–water partition coefficient (Wildman–Crippen LogP) is -0.361. The molecule has 3 nitrogen and oxygen atoms in total. The fourth-order valence-corrected chi connectivity index (χ4v) is 0. The van der Waals surface area contributed by atoms with Crippen LogP contribution in [0.4, 0.5) is 0 Å². The third-order valence-corrected chi connectivity index (χ3v) is 0. The van der Waals surface area contributed by atoms with Gasteiger partial charge in [0.15, 0.2) is 0 Å². The van der Waals surface area contributed by atoms with Crippen molar-refractivity contribution in [3.05, 3.63) is 0 Å². The Morgan fingerprint density at radius 2 is 1.00 bits per heavy atom. The summed E-state index contributed by atoms with van der Waals surface area (Å²) in [6.45, 7) is 0. The molecule has 0 rings (SSSR count). The van der Waals surface area contributed by atoms with Crippen LogP contribution in [0, 0.1) is 0 Å². The van der Waals surface area contributed by atoms with Gasteiger partial charge in [-0.25, -0.2) is 0 Å². The van der Waals surface area contributed by atoms with Crippen LogP contribution in [0.15, 0.2) is 0 Å². The Labute approximate surface area is 49.7 Å². The van der Waals surface area contributed by atoms with Gasteiger partial charge >= 0.3 is 27.4 Å². The van der Waals surface area contributed by atoms with Gasteiger partial charge in [-0.3, -0.25) is 0 Å². The van der Waals surface area contributed by atoms with Crippen molar-refractivity contribution in [3.8, 4) is 0 Å². The van der Waals surface area contributed by atoms with Gasteiger partial charge in [0.1, 0.15) is 0 Å². The van der Waals surface area contributed by atoms with Gasteiger partial charge in [0.25, 0.3) is 0 Å². The summed E-state index contributed by atoms with van der Waals surface area (Å²) < 4.78 is 25.8. The van der Waals surface area contributed by atoms with Gasteiger partial charge in [0.05, 0.1) is 0 Å². The van der Waals surface area contributed by atoms with Gasteiger partial charge in [0.2, 0.25) is 0 Å². The molecule has 0 fully saturated rings. The Bertz CT molecular complexity index is 76.3. The van der Waals surface area contributed by atoms with Crippen molar-refractivity contribution >= 4 is 0 Å². The third-order valence-electron chi connectivity index (χ3n) is 0. The van der Waals surface area contributed by atoms with Crippen molar-refractivity contribution < 1.29 is 49.8 Å². The van der Waals surface area contributed by atoms with Crippen molar-refractivity contribution in [2.45, 2.75) is 0 Å². The first-order chi connectivity index (χ1) is 1.73. The van der Waals surface area contributed by atoms with Crippen molar-refractivity contribution in [3.63, 3.8) is 0 Å². The summed E-state index contributed by atoms with van der Waals surface area (Å²) in [6, 6.07) is 0. The van der Waals surface area contributed by atoms with E-state index in [0.717, 1.165) is 0 Å². The third kappa shape index (κ3) is 56.3. The van der Waals surface area contributed by atoms with Gasteiger partial charge < -0.3 is 0 Å². The van der Waals surface area contributed by atoms with E-state index in [9.17, 15) is 0 Å². The zero-order valence-electron chi connectivity index (χ0n) is 1.93. The monoisotopic (exact) mass is 253 g/mol. The molecule has 1 radical (unpaired) electrons. The average Bonchev–Trinajstić information content (AvgIpc) is 0.811. The maximum atomic E-state index is 8.59. The molecule has 35 valence electrons. The van der Waals surface area contributed by atoms with E-state index >= 15 is 0 Å². The first-order valence-electron chi connectivity index (χ1n) is 0.500. The molecule has 0 unspecified atom stereocenters. The van der Waals surface area contributed by atoms with Crippen LogP contribution in [0.1, 0.15) is 0 Å². The van der Waals surface area contributed by atoms with Crippen LogP contribution < -0.4 is 0 Å². The van der Waals surface area contributed by atoms with Crippen LogP contribution in [-0.2, 0) is 49.8 Å². The molecular formula is AgMoO3. The van der Waals surface area contributed by atoms with Gasteiger partial charge in [-0.2, -0.15) is 0 Å². The molecule has 0 aliphatic heterocycles. The van der Waals surface area contributed by atoms with Gasteiger partial charge in [-0.1, -0.05) is 0 Å². The van der Waals surface area contributed by atoms with Crippen LogP contribution >= 0.6 is 0 Å². The zero-order chi connectivity index (χ0) is 3.58. The fourth-order valence-electron chi connectivity index (χ4n) is 0. The molecule has 5 heavy (non-hydrogen) atoms. The van der Waals surface area contributed by atoms with Crippen LogP contribution in [0.3, 0.4) is 0 Å². The van der Waals surface area contributed by atoms with E-state index in [1.165, 1.54) is 0 Å². The van der Waals surface area contributed by atoms with Crippen LogP contribution in [0.5, 0.6) is 0 Å². The topological polar surface area (TPSA) is 51.2 Å². The number of rotatable bonds is 0. The summed E-state index contributed by atoms with van der Waals surface area (Å²) in [5, 5.41) is 0.